The normalized spacial score (nSPS) is 37.7. The highest BCUT2D eigenvalue weighted by Gasteiger charge is 2.72. The van der Waals surface area contributed by atoms with E-state index in [1.165, 1.54) is 44.9 Å². The molecular formula is C26H34N3O2+. The fourth-order valence-corrected chi connectivity index (χ4v) is 6.87. The molecule has 0 unspecified atom stereocenters. The minimum absolute atomic E-state index is 0.100. The van der Waals surface area contributed by atoms with Crippen LogP contribution in [0.2, 0.25) is 0 Å². The van der Waals surface area contributed by atoms with Gasteiger partial charge in [-0.25, -0.2) is 4.98 Å². The van der Waals surface area contributed by atoms with E-state index in [4.69, 9.17) is 16.3 Å². The summed E-state index contributed by atoms with van der Waals surface area (Å²) in [6.45, 7) is 10.2. The number of fused-ring (bicyclic) bond motifs is 2. The molecule has 3 heterocycles. The van der Waals surface area contributed by atoms with Crippen molar-refractivity contribution in [1.29, 1.82) is 0 Å². The highest BCUT2D eigenvalue weighted by Crippen LogP contribution is 2.57. The third-order valence-corrected chi connectivity index (χ3v) is 8.42. The summed E-state index contributed by atoms with van der Waals surface area (Å²) in [5.74, 6) is 1.86. The molecule has 164 valence electrons. The molecule has 0 amide bonds. The molecule has 5 heteroatoms. The Bertz CT molecular complexity index is 900. The maximum Gasteiger partial charge on any atom is 0.335 e. The van der Waals surface area contributed by atoms with Crippen LogP contribution in [0.1, 0.15) is 64.0 Å². The summed E-state index contributed by atoms with van der Waals surface area (Å²) in [5.41, 5.74) is 0.305. The van der Waals surface area contributed by atoms with Gasteiger partial charge in [0.25, 0.3) is 6.57 Å². The van der Waals surface area contributed by atoms with Gasteiger partial charge in [0.2, 0.25) is 0 Å². The molecule has 2 saturated carbocycles. The average molecular weight is 421 g/mol. The van der Waals surface area contributed by atoms with Crippen molar-refractivity contribution in [3.05, 3.63) is 34.8 Å². The van der Waals surface area contributed by atoms with E-state index in [-0.39, 0.29) is 23.9 Å². The third-order valence-electron chi connectivity index (χ3n) is 8.42. The summed E-state index contributed by atoms with van der Waals surface area (Å²) in [4.78, 5) is 24.5. The van der Waals surface area contributed by atoms with Crippen molar-refractivity contribution < 1.29 is 9.53 Å². The molecule has 1 aromatic heterocycles. The number of nitrogens with zero attached hydrogens (tertiary/aromatic N) is 3. The van der Waals surface area contributed by atoms with E-state index in [1.807, 2.05) is 6.92 Å². The van der Waals surface area contributed by atoms with E-state index in [0.717, 1.165) is 31.0 Å². The van der Waals surface area contributed by atoms with E-state index in [9.17, 15) is 4.79 Å². The highest BCUT2D eigenvalue weighted by molar-refractivity contribution is 5.79. The third kappa shape index (κ3) is 3.45. The van der Waals surface area contributed by atoms with Crippen molar-refractivity contribution in [3.63, 3.8) is 0 Å². The van der Waals surface area contributed by atoms with Crippen molar-refractivity contribution in [1.82, 2.24) is 4.98 Å². The number of esters is 1. The minimum atomic E-state index is -0.656. The molecule has 0 bridgehead atoms. The number of piperidine rings is 1. The Labute approximate surface area is 185 Å². The second-order valence-electron chi connectivity index (χ2n) is 9.95. The SMILES string of the molecule is C#[N+][C@]12[C@H](C)OC(=O)[C@H]1C[C@H]1CCCC[C@@H]1[C@H]2/C=C/c1cccc(N2CCCCC2)n1. The molecule has 1 aromatic rings. The van der Waals surface area contributed by atoms with Crippen LogP contribution in [0.3, 0.4) is 0 Å². The standard InChI is InChI=1S/C26H34N3O2/c1-18-26(27-2)22(21-11-5-4-9-19(21)17-23(26)25(30)31-18)14-13-20-10-8-12-24(28-20)29-15-6-3-7-16-29/h2,8,10,12-14,18-19,21-23H,3-7,9,11,15-17H2,1H3/q+1/b14-13+/t18-,19+,21-,22+,23+,26-/m0/s1. The van der Waals surface area contributed by atoms with Crippen LogP contribution in [0.5, 0.6) is 0 Å². The van der Waals surface area contributed by atoms with Crippen LogP contribution >= 0.6 is 0 Å². The van der Waals surface area contributed by atoms with Crippen LogP contribution in [0.15, 0.2) is 24.3 Å². The van der Waals surface area contributed by atoms with Gasteiger partial charge in [0.05, 0.1) is 11.6 Å². The molecule has 0 N–H and O–H groups in total. The molecule has 4 aliphatic rings. The van der Waals surface area contributed by atoms with E-state index < -0.39 is 5.54 Å². The van der Waals surface area contributed by atoms with Crippen LogP contribution in [0, 0.1) is 30.2 Å². The largest absolute Gasteiger partial charge is 0.453 e. The first-order valence-corrected chi connectivity index (χ1v) is 12.2. The maximum absolute atomic E-state index is 12.7. The molecule has 31 heavy (non-hydrogen) atoms. The number of anilines is 1. The molecular weight excluding hydrogens is 386 g/mol. The van der Waals surface area contributed by atoms with E-state index >= 15 is 0 Å². The predicted molar refractivity (Wildman–Crippen MR) is 123 cm³/mol. The minimum Gasteiger partial charge on any atom is -0.453 e. The maximum atomic E-state index is 12.7. The van der Waals surface area contributed by atoms with E-state index in [2.05, 4.69) is 40.1 Å². The number of hydrogen-bond donors (Lipinski definition) is 0. The lowest BCUT2D eigenvalue weighted by Gasteiger charge is -2.45. The van der Waals surface area contributed by atoms with Crippen LogP contribution in [0.4, 0.5) is 5.82 Å². The topological polar surface area (TPSA) is 46.8 Å². The number of carbonyl (C=O) groups excluding carboxylic acids is 1. The molecule has 5 rings (SSSR count). The number of ether oxygens (including phenoxy) is 1. The Hall–Kier alpha value is -2.35. The average Bonchev–Trinajstić information content (AvgIpc) is 3.07. The lowest BCUT2D eigenvalue weighted by molar-refractivity contribution is -0.144. The van der Waals surface area contributed by atoms with Crippen molar-refractivity contribution in [2.24, 2.45) is 23.7 Å². The fourth-order valence-electron chi connectivity index (χ4n) is 6.87. The Morgan fingerprint density at radius 2 is 2.00 bits per heavy atom. The van der Waals surface area contributed by atoms with Crippen LogP contribution in [-0.2, 0) is 9.53 Å². The Balaban J connectivity index is 1.47. The summed E-state index contributed by atoms with van der Waals surface area (Å²) >= 11 is 0. The zero-order valence-electron chi connectivity index (χ0n) is 18.6. The lowest BCUT2D eigenvalue weighted by Crippen LogP contribution is -2.55. The monoisotopic (exact) mass is 420 g/mol. The van der Waals surface area contributed by atoms with E-state index in [1.54, 1.807) is 0 Å². The smallest absolute Gasteiger partial charge is 0.335 e. The van der Waals surface area contributed by atoms with Crippen molar-refractivity contribution >= 4 is 17.9 Å². The summed E-state index contributed by atoms with van der Waals surface area (Å²) in [6, 6.07) is 6.27. The first kappa shape index (κ1) is 20.5. The molecule has 5 nitrogen and oxygen atoms in total. The molecule has 4 fully saturated rings. The first-order chi connectivity index (χ1) is 15.1. The molecule has 0 spiro atoms. The van der Waals surface area contributed by atoms with E-state index in [0.29, 0.717) is 11.8 Å². The lowest BCUT2D eigenvalue weighted by atomic mass is 9.54. The molecule has 0 radical (unpaired) electrons. The van der Waals surface area contributed by atoms with Gasteiger partial charge in [-0.1, -0.05) is 36.2 Å². The first-order valence-electron chi connectivity index (χ1n) is 12.2. The zero-order chi connectivity index (χ0) is 21.4. The number of rotatable bonds is 3. The zero-order valence-corrected chi connectivity index (χ0v) is 18.6. The van der Waals surface area contributed by atoms with Crippen LogP contribution in [0.25, 0.3) is 10.9 Å². The number of hydrogen-bond acceptors (Lipinski definition) is 4. The summed E-state index contributed by atoms with van der Waals surface area (Å²) in [5, 5.41) is 0. The van der Waals surface area contributed by atoms with Crippen molar-refractivity contribution in [2.75, 3.05) is 18.0 Å². The number of aromatic nitrogens is 1. The summed E-state index contributed by atoms with van der Waals surface area (Å²) in [6.07, 6.45) is 13.6. The van der Waals surface area contributed by atoms with Gasteiger partial charge in [0.15, 0.2) is 6.10 Å². The van der Waals surface area contributed by atoms with Gasteiger partial charge in [0, 0.05) is 13.1 Å². The Kier molecular flexibility index (Phi) is 5.50. The second kappa shape index (κ2) is 8.30. The van der Waals surface area contributed by atoms with Gasteiger partial charge in [-0.3, -0.25) is 4.79 Å². The fraction of sp³-hybridized carbons (Fsp3) is 0.654. The van der Waals surface area contributed by atoms with Gasteiger partial charge in [-0.15, -0.1) is 0 Å². The quantitative estimate of drug-likeness (QED) is 0.633. The molecule has 0 aromatic carbocycles. The van der Waals surface area contributed by atoms with Crippen molar-refractivity contribution in [3.8, 4) is 6.57 Å². The highest BCUT2D eigenvalue weighted by atomic mass is 16.6. The molecule has 2 saturated heterocycles. The molecule has 2 aliphatic heterocycles. The molecule has 6 atom stereocenters. The van der Waals surface area contributed by atoms with Crippen LogP contribution in [-0.4, -0.2) is 35.7 Å². The van der Waals surface area contributed by atoms with Gasteiger partial charge in [-0.05, 0) is 69.1 Å². The van der Waals surface area contributed by atoms with Crippen molar-refractivity contribution in [2.45, 2.75) is 69.9 Å². The second-order valence-corrected chi connectivity index (χ2v) is 9.95. The number of carbonyl (C=O) groups is 1. The Morgan fingerprint density at radius 1 is 1.19 bits per heavy atom. The summed E-state index contributed by atoms with van der Waals surface area (Å²) in [7, 11) is 0. The molecule has 2 aliphatic carbocycles. The van der Waals surface area contributed by atoms with Gasteiger partial charge >= 0.3 is 11.5 Å². The number of pyridine rings is 1. The predicted octanol–water partition coefficient (Wildman–Crippen LogP) is 5.17. The number of cyclic esters (lactones) is 1. The summed E-state index contributed by atoms with van der Waals surface area (Å²) < 4.78 is 5.72. The van der Waals surface area contributed by atoms with Gasteiger partial charge in [0.1, 0.15) is 11.7 Å². The Morgan fingerprint density at radius 3 is 2.81 bits per heavy atom. The van der Waals surface area contributed by atoms with Gasteiger partial charge < -0.3 is 9.64 Å². The van der Waals surface area contributed by atoms with Gasteiger partial charge in [-0.2, -0.15) is 0 Å². The van der Waals surface area contributed by atoms with Crippen LogP contribution < -0.4 is 4.90 Å².